The normalized spacial score (nSPS) is 16.2. The van der Waals surface area contributed by atoms with Gasteiger partial charge in [-0.3, -0.25) is 0 Å². The van der Waals surface area contributed by atoms with Crippen LogP contribution in [0.4, 0.5) is 10.5 Å². The van der Waals surface area contributed by atoms with Crippen molar-refractivity contribution in [3.05, 3.63) is 41.6 Å². The average molecular weight is 319 g/mol. The molecule has 0 radical (unpaired) electrons. The van der Waals surface area contributed by atoms with Crippen molar-refractivity contribution in [2.24, 2.45) is 5.73 Å². The van der Waals surface area contributed by atoms with Crippen LogP contribution < -0.4 is 16.4 Å². The van der Waals surface area contributed by atoms with Crippen LogP contribution in [0, 0.1) is 0 Å². The van der Waals surface area contributed by atoms with Gasteiger partial charge in [0.25, 0.3) is 5.79 Å². The van der Waals surface area contributed by atoms with Gasteiger partial charge in [-0.15, -0.1) is 0 Å². The minimum atomic E-state index is -1.26. The number of nitrogens with two attached hydrogens (primary N) is 1. The van der Waals surface area contributed by atoms with Crippen molar-refractivity contribution < 1.29 is 23.9 Å². The predicted octanol–water partition coefficient (Wildman–Crippen LogP) is 0.987. The second kappa shape index (κ2) is 6.39. The molecule has 1 aromatic carbocycles. The molecule has 0 aliphatic carbocycles. The molecule has 0 unspecified atom stereocenters. The van der Waals surface area contributed by atoms with Crippen LogP contribution in [0.3, 0.4) is 0 Å². The Bertz CT molecular complexity index is 642. The summed E-state index contributed by atoms with van der Waals surface area (Å²) in [7, 11) is 0. The van der Waals surface area contributed by atoms with Crippen LogP contribution in [0.15, 0.2) is 36.0 Å². The number of benzene rings is 1. The van der Waals surface area contributed by atoms with E-state index in [4.69, 9.17) is 15.2 Å². The van der Waals surface area contributed by atoms with E-state index in [1.54, 1.807) is 24.3 Å². The zero-order chi connectivity index (χ0) is 17.0. The Kier molecular flexibility index (Phi) is 4.54. The summed E-state index contributed by atoms with van der Waals surface area (Å²) in [5.74, 6) is -2.76. The quantitative estimate of drug-likeness (QED) is 0.432. The van der Waals surface area contributed by atoms with Crippen LogP contribution in [0.5, 0.6) is 0 Å². The fraction of sp³-hybridized carbons (Fsp3) is 0.267. The predicted molar refractivity (Wildman–Crippen MR) is 80.8 cm³/mol. The third-order valence-corrected chi connectivity index (χ3v) is 2.92. The summed E-state index contributed by atoms with van der Waals surface area (Å²) in [5, 5.41) is 5.29. The zero-order valence-corrected chi connectivity index (χ0v) is 12.7. The van der Waals surface area contributed by atoms with Crippen molar-refractivity contribution in [1.82, 2.24) is 5.32 Å². The number of ether oxygens (including phenoxy) is 2. The maximum atomic E-state index is 11.8. The van der Waals surface area contributed by atoms with Gasteiger partial charge in [-0.1, -0.05) is 12.1 Å². The van der Waals surface area contributed by atoms with Gasteiger partial charge in [0, 0.05) is 32.3 Å². The number of nitrogens with one attached hydrogen (secondary N) is 2. The first-order chi connectivity index (χ1) is 10.8. The number of cyclic esters (lactones) is 2. The highest BCUT2D eigenvalue weighted by Crippen LogP contribution is 2.22. The Morgan fingerprint density at radius 3 is 2.26 bits per heavy atom. The number of hydrogen-bond donors (Lipinski definition) is 3. The van der Waals surface area contributed by atoms with Gasteiger partial charge in [0.05, 0.1) is 0 Å². The smallest absolute Gasteiger partial charge is 0.350 e. The van der Waals surface area contributed by atoms with Crippen LogP contribution in [0.25, 0.3) is 0 Å². The molecule has 1 heterocycles. The number of esters is 2. The summed E-state index contributed by atoms with van der Waals surface area (Å²) in [4.78, 5) is 34.2. The number of hydrogen-bond acceptors (Lipinski definition) is 6. The molecule has 1 aliphatic rings. The van der Waals surface area contributed by atoms with Gasteiger partial charge in [0.1, 0.15) is 0 Å². The van der Waals surface area contributed by atoms with E-state index in [1.165, 1.54) is 20.0 Å². The number of carbonyl (C=O) groups excluding carboxylic acids is 3. The first-order valence-electron chi connectivity index (χ1n) is 6.82. The zero-order valence-electron chi connectivity index (χ0n) is 12.7. The topological polar surface area (TPSA) is 120 Å². The fourth-order valence-electron chi connectivity index (χ4n) is 1.84. The third-order valence-electron chi connectivity index (χ3n) is 2.92. The molecule has 2 rings (SSSR count). The van der Waals surface area contributed by atoms with E-state index in [2.05, 4.69) is 10.6 Å². The first kappa shape index (κ1) is 16.3. The Morgan fingerprint density at radius 1 is 1.17 bits per heavy atom. The van der Waals surface area contributed by atoms with Gasteiger partial charge >= 0.3 is 18.0 Å². The Labute approximate surface area is 132 Å². The van der Waals surface area contributed by atoms with Crippen molar-refractivity contribution in [2.75, 3.05) is 5.32 Å². The third kappa shape index (κ3) is 4.47. The molecule has 0 spiro atoms. The van der Waals surface area contributed by atoms with Crippen LogP contribution in [0.2, 0.25) is 0 Å². The molecule has 1 aliphatic heterocycles. The Hall–Kier alpha value is -3.03. The molecule has 2 amide bonds. The second-order valence-electron chi connectivity index (χ2n) is 5.30. The molecule has 1 fully saturated rings. The molecule has 1 saturated heterocycles. The van der Waals surface area contributed by atoms with Crippen molar-refractivity contribution in [1.29, 1.82) is 0 Å². The van der Waals surface area contributed by atoms with Gasteiger partial charge in [-0.05, 0) is 17.7 Å². The number of carbonyl (C=O) groups is 3. The maximum Gasteiger partial charge on any atom is 0.350 e. The van der Waals surface area contributed by atoms with E-state index < -0.39 is 23.8 Å². The van der Waals surface area contributed by atoms with Gasteiger partial charge in [0.15, 0.2) is 5.57 Å². The van der Waals surface area contributed by atoms with Crippen LogP contribution in [-0.2, 0) is 25.6 Å². The van der Waals surface area contributed by atoms with Gasteiger partial charge in [-0.25, -0.2) is 14.4 Å². The van der Waals surface area contributed by atoms with Crippen molar-refractivity contribution in [3.8, 4) is 0 Å². The molecular weight excluding hydrogens is 302 g/mol. The van der Waals surface area contributed by atoms with E-state index in [0.29, 0.717) is 12.2 Å². The minimum Gasteiger partial charge on any atom is -0.419 e. The Balaban J connectivity index is 2.01. The number of primary amides is 1. The number of rotatable bonds is 4. The second-order valence-corrected chi connectivity index (χ2v) is 5.30. The summed E-state index contributed by atoms with van der Waals surface area (Å²) in [6.07, 6.45) is 1.23. The lowest BCUT2D eigenvalue weighted by molar-refractivity contribution is -0.222. The molecule has 4 N–H and O–H groups in total. The van der Waals surface area contributed by atoms with Crippen molar-refractivity contribution in [2.45, 2.75) is 26.2 Å². The number of amides is 2. The SMILES string of the molecule is CC1(C)OC(=O)C(=CNc2ccc(CNC(N)=O)cc2)C(=O)O1. The van der Waals surface area contributed by atoms with Gasteiger partial charge in [0.2, 0.25) is 0 Å². The fourth-order valence-corrected chi connectivity index (χ4v) is 1.84. The summed E-state index contributed by atoms with van der Waals surface area (Å²) >= 11 is 0. The monoisotopic (exact) mass is 319 g/mol. The summed E-state index contributed by atoms with van der Waals surface area (Å²) < 4.78 is 9.95. The Morgan fingerprint density at radius 2 is 1.74 bits per heavy atom. The molecule has 8 nitrogen and oxygen atoms in total. The summed E-state index contributed by atoms with van der Waals surface area (Å²) in [5.41, 5.74) is 6.26. The molecule has 0 bridgehead atoms. The molecule has 0 aromatic heterocycles. The van der Waals surface area contributed by atoms with E-state index in [0.717, 1.165) is 5.56 Å². The highest BCUT2D eigenvalue weighted by molar-refractivity contribution is 6.15. The van der Waals surface area contributed by atoms with E-state index in [1.807, 2.05) is 0 Å². The summed E-state index contributed by atoms with van der Waals surface area (Å²) in [6, 6.07) is 6.36. The molecule has 0 atom stereocenters. The largest absolute Gasteiger partial charge is 0.419 e. The molecule has 23 heavy (non-hydrogen) atoms. The van der Waals surface area contributed by atoms with Crippen LogP contribution >= 0.6 is 0 Å². The van der Waals surface area contributed by atoms with E-state index >= 15 is 0 Å². The number of anilines is 1. The molecular formula is C15H17N3O5. The van der Waals surface area contributed by atoms with Gasteiger partial charge in [-0.2, -0.15) is 0 Å². The molecule has 122 valence electrons. The lowest BCUT2D eigenvalue weighted by Crippen LogP contribution is -2.42. The summed E-state index contributed by atoms with van der Waals surface area (Å²) in [6.45, 7) is 3.27. The van der Waals surface area contributed by atoms with Crippen LogP contribution in [0.1, 0.15) is 19.4 Å². The maximum absolute atomic E-state index is 11.8. The average Bonchev–Trinajstić information content (AvgIpc) is 2.44. The van der Waals surface area contributed by atoms with E-state index in [9.17, 15) is 14.4 Å². The minimum absolute atomic E-state index is 0.219. The standard InChI is InChI=1S/C15H17N3O5/c1-15(2)22-12(19)11(13(20)23-15)8-17-10-5-3-9(4-6-10)7-18-14(16)21/h3-6,8,17H,7H2,1-2H3,(H3,16,18,21). The van der Waals surface area contributed by atoms with Crippen LogP contribution in [-0.4, -0.2) is 23.8 Å². The first-order valence-corrected chi connectivity index (χ1v) is 6.82. The van der Waals surface area contributed by atoms with Crippen molar-refractivity contribution >= 4 is 23.7 Å². The lowest BCUT2D eigenvalue weighted by Gasteiger charge is -2.29. The highest BCUT2D eigenvalue weighted by atomic mass is 16.7. The lowest BCUT2D eigenvalue weighted by atomic mass is 10.2. The van der Waals surface area contributed by atoms with Gasteiger partial charge < -0.3 is 25.8 Å². The molecule has 8 heteroatoms. The molecule has 1 aromatic rings. The van der Waals surface area contributed by atoms with E-state index in [-0.39, 0.29) is 5.57 Å². The van der Waals surface area contributed by atoms with Crippen molar-refractivity contribution in [3.63, 3.8) is 0 Å². The number of urea groups is 1. The highest BCUT2D eigenvalue weighted by Gasteiger charge is 2.38. The molecule has 0 saturated carbocycles.